The number of hydrogen-bond acceptors (Lipinski definition) is 9. The molecule has 10 nitrogen and oxygen atoms in total. The minimum Gasteiger partial charge on any atom is -0.494 e. The zero-order chi connectivity index (χ0) is 32.3. The van der Waals surface area contributed by atoms with Crippen LogP contribution in [0.2, 0.25) is 0 Å². The molecule has 0 bridgehead atoms. The SMILES string of the molecule is COC(=O)c1ccc(N=Nc2ccc(OCCCCl)cc2)cc1.O=C(O)c1ccc(N=Nc2ccc(OCCCCl)cc2)cc1. The minimum atomic E-state index is -0.965. The quantitative estimate of drug-likeness (QED) is 0.0625. The first-order chi connectivity index (χ1) is 21.9. The average Bonchev–Trinajstić information content (AvgIpc) is 3.08. The molecule has 0 fully saturated rings. The fraction of sp³-hybridized carbons (Fsp3) is 0.212. The number of carboxylic acid groups (broad SMARTS) is 1. The molecule has 4 rings (SSSR count). The van der Waals surface area contributed by atoms with Crippen molar-refractivity contribution in [2.45, 2.75) is 12.8 Å². The predicted molar refractivity (Wildman–Crippen MR) is 174 cm³/mol. The standard InChI is InChI=1S/C17H17ClN2O3.C16H15ClN2O3/c1-22-17(21)13-3-5-14(6-4-13)19-20-15-7-9-16(10-8-15)23-12-2-11-18;17-10-1-11-22-15-8-6-14(7-9-15)19-18-13-4-2-12(3-5-13)16(20)21/h3-10H,2,11-12H2,1H3;2-9H,1,10-11H2,(H,20,21). The van der Waals surface area contributed by atoms with E-state index in [4.69, 9.17) is 37.8 Å². The van der Waals surface area contributed by atoms with Gasteiger partial charge in [-0.05, 0) is 110 Å². The molecule has 0 saturated carbocycles. The number of aromatic carboxylic acids is 1. The second-order valence-corrected chi connectivity index (χ2v) is 9.82. The minimum absolute atomic E-state index is 0.220. The van der Waals surface area contributed by atoms with Crippen LogP contribution in [-0.4, -0.2) is 49.1 Å². The number of benzene rings is 4. The normalized spacial score (nSPS) is 10.7. The van der Waals surface area contributed by atoms with E-state index < -0.39 is 5.97 Å². The van der Waals surface area contributed by atoms with Crippen molar-refractivity contribution in [1.29, 1.82) is 0 Å². The molecule has 0 aliphatic rings. The molecule has 4 aromatic rings. The summed E-state index contributed by atoms with van der Waals surface area (Å²) in [4.78, 5) is 22.1. The third-order valence-electron chi connectivity index (χ3n) is 5.73. The van der Waals surface area contributed by atoms with Crippen molar-refractivity contribution in [1.82, 2.24) is 0 Å². The third-order valence-corrected chi connectivity index (χ3v) is 6.27. The van der Waals surface area contributed by atoms with Gasteiger partial charge in [0.25, 0.3) is 0 Å². The number of alkyl halides is 2. The van der Waals surface area contributed by atoms with E-state index in [1.165, 1.54) is 19.2 Å². The lowest BCUT2D eigenvalue weighted by atomic mass is 10.2. The molecule has 0 unspecified atom stereocenters. The van der Waals surface area contributed by atoms with Crippen LogP contribution in [0.1, 0.15) is 33.6 Å². The summed E-state index contributed by atoms with van der Waals surface area (Å²) in [6.45, 7) is 1.18. The second kappa shape index (κ2) is 19.5. The Morgan fingerprint density at radius 3 is 1.22 bits per heavy atom. The number of methoxy groups -OCH3 is 1. The van der Waals surface area contributed by atoms with Gasteiger partial charge in [0.2, 0.25) is 0 Å². The predicted octanol–water partition coefficient (Wildman–Crippen LogP) is 9.70. The van der Waals surface area contributed by atoms with Crippen molar-refractivity contribution in [2.75, 3.05) is 32.1 Å². The van der Waals surface area contributed by atoms with Gasteiger partial charge in [-0.2, -0.15) is 20.5 Å². The highest BCUT2D eigenvalue weighted by atomic mass is 35.5. The first-order valence-corrected chi connectivity index (χ1v) is 14.9. The second-order valence-electron chi connectivity index (χ2n) is 9.06. The maximum absolute atomic E-state index is 11.3. The van der Waals surface area contributed by atoms with Crippen LogP contribution in [0.5, 0.6) is 11.5 Å². The molecule has 0 aliphatic heterocycles. The van der Waals surface area contributed by atoms with E-state index >= 15 is 0 Å². The molecular formula is C33H32Cl2N4O6. The Balaban J connectivity index is 0.000000246. The Morgan fingerprint density at radius 2 is 0.911 bits per heavy atom. The van der Waals surface area contributed by atoms with Crippen molar-refractivity contribution in [3.63, 3.8) is 0 Å². The van der Waals surface area contributed by atoms with Gasteiger partial charge in [-0.3, -0.25) is 0 Å². The van der Waals surface area contributed by atoms with Crippen LogP contribution < -0.4 is 9.47 Å². The molecule has 0 amide bonds. The van der Waals surface area contributed by atoms with Gasteiger partial charge >= 0.3 is 11.9 Å². The van der Waals surface area contributed by atoms with E-state index in [9.17, 15) is 9.59 Å². The number of hydrogen-bond donors (Lipinski definition) is 1. The van der Waals surface area contributed by atoms with Gasteiger partial charge in [0, 0.05) is 11.8 Å². The van der Waals surface area contributed by atoms with E-state index in [0.29, 0.717) is 53.3 Å². The number of esters is 1. The molecule has 0 aromatic heterocycles. The molecule has 234 valence electrons. The van der Waals surface area contributed by atoms with Crippen molar-refractivity contribution in [3.05, 3.63) is 108 Å². The van der Waals surface area contributed by atoms with Crippen LogP contribution in [0.25, 0.3) is 0 Å². The summed E-state index contributed by atoms with van der Waals surface area (Å²) >= 11 is 11.2. The number of ether oxygens (including phenoxy) is 3. The van der Waals surface area contributed by atoms with Gasteiger partial charge in [-0.1, -0.05) is 0 Å². The summed E-state index contributed by atoms with van der Waals surface area (Å²) in [5.74, 6) is 1.35. The molecular weight excluding hydrogens is 619 g/mol. The summed E-state index contributed by atoms with van der Waals surface area (Å²) in [6, 6.07) is 27.4. The highest BCUT2D eigenvalue weighted by Gasteiger charge is 2.04. The smallest absolute Gasteiger partial charge is 0.337 e. The first-order valence-electron chi connectivity index (χ1n) is 13.8. The van der Waals surface area contributed by atoms with Crippen LogP contribution in [0.15, 0.2) is 118 Å². The highest BCUT2D eigenvalue weighted by molar-refractivity contribution is 6.18. The van der Waals surface area contributed by atoms with Crippen LogP contribution >= 0.6 is 23.2 Å². The Bertz CT molecular complexity index is 1530. The molecule has 45 heavy (non-hydrogen) atoms. The number of carboxylic acids is 1. The average molecular weight is 652 g/mol. The molecule has 0 aliphatic carbocycles. The Labute approximate surface area is 271 Å². The van der Waals surface area contributed by atoms with Gasteiger partial charge in [0.05, 0.1) is 54.2 Å². The summed E-state index contributed by atoms with van der Waals surface area (Å²) < 4.78 is 15.6. The number of rotatable bonds is 14. The maximum Gasteiger partial charge on any atom is 0.337 e. The molecule has 4 aromatic carbocycles. The molecule has 0 radical (unpaired) electrons. The zero-order valence-corrected chi connectivity index (χ0v) is 26.0. The Morgan fingerprint density at radius 1 is 0.578 bits per heavy atom. The number of carbonyl (C=O) groups excluding carboxylic acids is 1. The first kappa shape index (κ1) is 34.7. The summed E-state index contributed by atoms with van der Waals surface area (Å²) in [5, 5.41) is 25.2. The van der Waals surface area contributed by atoms with Gasteiger partial charge in [0.1, 0.15) is 11.5 Å². The molecule has 1 N–H and O–H groups in total. The largest absolute Gasteiger partial charge is 0.494 e. The summed E-state index contributed by atoms with van der Waals surface area (Å²) in [6.07, 6.45) is 1.61. The van der Waals surface area contributed by atoms with Gasteiger partial charge in [-0.15, -0.1) is 23.2 Å². The summed E-state index contributed by atoms with van der Waals surface area (Å²) in [7, 11) is 1.35. The van der Waals surface area contributed by atoms with E-state index in [-0.39, 0.29) is 11.5 Å². The Kier molecular flexibility index (Phi) is 15.0. The van der Waals surface area contributed by atoms with E-state index in [2.05, 4.69) is 25.2 Å². The van der Waals surface area contributed by atoms with Crippen LogP contribution in [0, 0.1) is 0 Å². The lowest BCUT2D eigenvalue weighted by molar-refractivity contribution is 0.0599. The maximum atomic E-state index is 11.3. The van der Waals surface area contributed by atoms with Crippen molar-refractivity contribution < 1.29 is 28.9 Å². The topological polar surface area (TPSA) is 132 Å². The fourth-order valence-electron chi connectivity index (χ4n) is 3.39. The van der Waals surface area contributed by atoms with Gasteiger partial charge in [-0.25, -0.2) is 9.59 Å². The van der Waals surface area contributed by atoms with Crippen LogP contribution in [0.3, 0.4) is 0 Å². The van der Waals surface area contributed by atoms with E-state index in [1.807, 2.05) is 36.4 Å². The molecule has 0 spiro atoms. The van der Waals surface area contributed by atoms with Crippen LogP contribution in [-0.2, 0) is 4.74 Å². The number of azo groups is 2. The highest BCUT2D eigenvalue weighted by Crippen LogP contribution is 2.23. The molecule has 12 heteroatoms. The van der Waals surface area contributed by atoms with Gasteiger partial charge in [0.15, 0.2) is 0 Å². The van der Waals surface area contributed by atoms with Crippen molar-refractivity contribution in [3.8, 4) is 11.5 Å². The van der Waals surface area contributed by atoms with Crippen molar-refractivity contribution in [2.24, 2.45) is 20.5 Å². The monoisotopic (exact) mass is 650 g/mol. The molecule has 0 heterocycles. The fourth-order valence-corrected chi connectivity index (χ4v) is 3.61. The number of carbonyl (C=O) groups is 2. The Hall–Kier alpha value is -4.80. The van der Waals surface area contributed by atoms with E-state index in [0.717, 1.165) is 24.3 Å². The van der Waals surface area contributed by atoms with Crippen LogP contribution in [0.4, 0.5) is 22.7 Å². The van der Waals surface area contributed by atoms with Crippen molar-refractivity contribution >= 4 is 57.9 Å². The lowest BCUT2D eigenvalue weighted by Crippen LogP contribution is -1.99. The molecule has 0 saturated heterocycles. The zero-order valence-electron chi connectivity index (χ0n) is 24.5. The number of nitrogens with zero attached hydrogens (tertiary/aromatic N) is 4. The van der Waals surface area contributed by atoms with Gasteiger partial charge < -0.3 is 19.3 Å². The molecule has 0 atom stereocenters. The lowest BCUT2D eigenvalue weighted by Gasteiger charge is -2.04. The summed E-state index contributed by atoms with van der Waals surface area (Å²) in [5.41, 5.74) is 3.34. The number of halogens is 2. The third kappa shape index (κ3) is 12.8. The van der Waals surface area contributed by atoms with E-state index in [1.54, 1.807) is 48.5 Å².